The molecular weight excluding hydrogens is 266 g/mol. The van der Waals surface area contributed by atoms with Crippen LogP contribution >= 0.6 is 0 Å². The van der Waals surface area contributed by atoms with Crippen LogP contribution in [-0.4, -0.2) is 26.9 Å². The Morgan fingerprint density at radius 1 is 1.38 bits per heavy atom. The van der Waals surface area contributed by atoms with Crippen LogP contribution in [0.2, 0.25) is 0 Å². The highest BCUT2D eigenvalue weighted by Crippen LogP contribution is 2.20. The molecule has 0 radical (unpaired) electrons. The van der Waals surface area contributed by atoms with E-state index in [4.69, 9.17) is 0 Å². The Labute approximate surface area is 124 Å². The Kier molecular flexibility index (Phi) is 4.75. The van der Waals surface area contributed by atoms with Crippen LogP contribution in [0, 0.1) is 12.8 Å². The fourth-order valence-electron chi connectivity index (χ4n) is 2.02. The minimum absolute atomic E-state index is 0.0795. The number of anilines is 1. The van der Waals surface area contributed by atoms with Crippen molar-refractivity contribution in [2.24, 2.45) is 5.92 Å². The molecule has 0 aliphatic heterocycles. The van der Waals surface area contributed by atoms with E-state index < -0.39 is 6.10 Å². The molecule has 0 fully saturated rings. The van der Waals surface area contributed by atoms with Gasteiger partial charge in [0, 0.05) is 6.20 Å². The molecule has 2 N–H and O–H groups in total. The second-order valence-corrected chi connectivity index (χ2v) is 5.24. The number of aryl methyl sites for hydroxylation is 1. The molecule has 0 spiro atoms. The quantitative estimate of drug-likeness (QED) is 0.888. The normalized spacial score (nSPS) is 13.7. The second-order valence-electron chi connectivity index (χ2n) is 5.24. The van der Waals surface area contributed by atoms with E-state index in [1.54, 1.807) is 10.7 Å². The number of benzene rings is 1. The van der Waals surface area contributed by atoms with Gasteiger partial charge in [0.1, 0.15) is 6.10 Å². The van der Waals surface area contributed by atoms with Crippen molar-refractivity contribution in [3.63, 3.8) is 0 Å². The van der Waals surface area contributed by atoms with Gasteiger partial charge in [-0.25, -0.2) is 4.68 Å². The van der Waals surface area contributed by atoms with Crippen LogP contribution < -0.4 is 5.32 Å². The standard InChI is InChI=1S/C16H21N3O2/c1-4-11(2)15(20)16(21)17-13-7-5-6-8-14(13)19-10-9-12(3)18-19/h5-11,15,20H,4H2,1-3H3,(H,17,21). The van der Waals surface area contributed by atoms with Crippen molar-refractivity contribution in [2.45, 2.75) is 33.3 Å². The molecule has 0 saturated carbocycles. The first kappa shape index (κ1) is 15.3. The smallest absolute Gasteiger partial charge is 0.253 e. The van der Waals surface area contributed by atoms with Gasteiger partial charge in [0.2, 0.25) is 0 Å². The summed E-state index contributed by atoms with van der Waals surface area (Å²) in [6, 6.07) is 9.29. The summed E-state index contributed by atoms with van der Waals surface area (Å²) in [5.41, 5.74) is 2.30. The van der Waals surface area contributed by atoms with Crippen molar-refractivity contribution in [1.29, 1.82) is 0 Å². The van der Waals surface area contributed by atoms with Crippen molar-refractivity contribution in [1.82, 2.24) is 9.78 Å². The van der Waals surface area contributed by atoms with Gasteiger partial charge >= 0.3 is 0 Å². The number of para-hydroxylation sites is 2. The average molecular weight is 287 g/mol. The van der Waals surface area contributed by atoms with E-state index in [9.17, 15) is 9.90 Å². The molecule has 112 valence electrons. The van der Waals surface area contributed by atoms with Gasteiger partial charge in [0.25, 0.3) is 5.91 Å². The Morgan fingerprint density at radius 3 is 2.71 bits per heavy atom. The van der Waals surface area contributed by atoms with Crippen LogP contribution in [0.25, 0.3) is 5.69 Å². The van der Waals surface area contributed by atoms with Crippen molar-refractivity contribution in [2.75, 3.05) is 5.32 Å². The monoisotopic (exact) mass is 287 g/mol. The molecule has 21 heavy (non-hydrogen) atoms. The summed E-state index contributed by atoms with van der Waals surface area (Å²) >= 11 is 0. The molecule has 2 rings (SSSR count). The van der Waals surface area contributed by atoms with Gasteiger partial charge in [-0.1, -0.05) is 32.4 Å². The highest BCUT2D eigenvalue weighted by atomic mass is 16.3. The van der Waals surface area contributed by atoms with Gasteiger partial charge in [0.15, 0.2) is 0 Å². The number of nitrogens with one attached hydrogen (secondary N) is 1. The van der Waals surface area contributed by atoms with Crippen molar-refractivity contribution in [3.05, 3.63) is 42.2 Å². The van der Waals surface area contributed by atoms with E-state index in [2.05, 4.69) is 10.4 Å². The molecular formula is C16H21N3O2. The lowest BCUT2D eigenvalue weighted by atomic mass is 10.0. The van der Waals surface area contributed by atoms with E-state index in [1.165, 1.54) is 0 Å². The third-order valence-electron chi connectivity index (χ3n) is 3.58. The maximum Gasteiger partial charge on any atom is 0.253 e. The number of carbonyl (C=O) groups excluding carboxylic acids is 1. The summed E-state index contributed by atoms with van der Waals surface area (Å²) in [7, 11) is 0. The topological polar surface area (TPSA) is 67.2 Å². The summed E-state index contributed by atoms with van der Waals surface area (Å²) < 4.78 is 1.71. The number of nitrogens with zero attached hydrogens (tertiary/aromatic N) is 2. The lowest BCUT2D eigenvalue weighted by Gasteiger charge is -2.18. The molecule has 1 amide bonds. The van der Waals surface area contributed by atoms with Crippen LogP contribution in [-0.2, 0) is 4.79 Å². The fourth-order valence-corrected chi connectivity index (χ4v) is 2.02. The first-order chi connectivity index (χ1) is 10.0. The number of hydrogen-bond donors (Lipinski definition) is 2. The maximum absolute atomic E-state index is 12.1. The van der Waals surface area contributed by atoms with E-state index in [-0.39, 0.29) is 11.8 Å². The van der Waals surface area contributed by atoms with Crippen LogP contribution in [0.15, 0.2) is 36.5 Å². The Balaban J connectivity index is 2.23. The molecule has 5 nitrogen and oxygen atoms in total. The zero-order valence-electron chi connectivity index (χ0n) is 12.6. The number of aliphatic hydroxyl groups is 1. The molecule has 1 aromatic heterocycles. The van der Waals surface area contributed by atoms with Crippen LogP contribution in [0.3, 0.4) is 0 Å². The van der Waals surface area contributed by atoms with E-state index in [1.807, 2.05) is 51.2 Å². The number of aliphatic hydroxyl groups excluding tert-OH is 1. The summed E-state index contributed by atoms with van der Waals surface area (Å²) in [4.78, 5) is 12.1. The van der Waals surface area contributed by atoms with Gasteiger partial charge in [0.05, 0.1) is 17.1 Å². The van der Waals surface area contributed by atoms with E-state index >= 15 is 0 Å². The van der Waals surface area contributed by atoms with Gasteiger partial charge in [-0.15, -0.1) is 0 Å². The van der Waals surface area contributed by atoms with Crippen molar-refractivity contribution >= 4 is 11.6 Å². The van der Waals surface area contributed by atoms with Crippen molar-refractivity contribution in [3.8, 4) is 5.69 Å². The summed E-state index contributed by atoms with van der Waals surface area (Å²) in [6.07, 6.45) is 1.57. The first-order valence-corrected chi connectivity index (χ1v) is 7.13. The minimum Gasteiger partial charge on any atom is -0.383 e. The minimum atomic E-state index is -1.01. The summed E-state index contributed by atoms with van der Waals surface area (Å²) in [5, 5.41) is 17.1. The van der Waals surface area contributed by atoms with Gasteiger partial charge in [-0.3, -0.25) is 4.79 Å². The molecule has 1 aromatic carbocycles. The summed E-state index contributed by atoms with van der Waals surface area (Å²) in [6.45, 7) is 5.71. The number of rotatable bonds is 5. The highest BCUT2D eigenvalue weighted by molar-refractivity contribution is 5.95. The number of hydrogen-bond acceptors (Lipinski definition) is 3. The van der Waals surface area contributed by atoms with Gasteiger partial charge in [-0.2, -0.15) is 5.10 Å². The average Bonchev–Trinajstić information content (AvgIpc) is 2.92. The molecule has 1 heterocycles. The van der Waals surface area contributed by atoms with E-state index in [0.717, 1.165) is 17.8 Å². The van der Waals surface area contributed by atoms with Crippen molar-refractivity contribution < 1.29 is 9.90 Å². The zero-order valence-corrected chi connectivity index (χ0v) is 12.6. The predicted molar refractivity (Wildman–Crippen MR) is 82.4 cm³/mol. The Bertz CT molecular complexity index is 621. The Morgan fingerprint density at radius 2 is 2.10 bits per heavy atom. The van der Waals surface area contributed by atoms with Gasteiger partial charge in [-0.05, 0) is 31.0 Å². The lowest BCUT2D eigenvalue weighted by Crippen LogP contribution is -2.33. The van der Waals surface area contributed by atoms with Gasteiger partial charge < -0.3 is 10.4 Å². The van der Waals surface area contributed by atoms with Crippen LogP contribution in [0.1, 0.15) is 26.0 Å². The fraction of sp³-hybridized carbons (Fsp3) is 0.375. The number of carbonyl (C=O) groups is 1. The molecule has 5 heteroatoms. The van der Waals surface area contributed by atoms with E-state index in [0.29, 0.717) is 5.69 Å². The molecule has 2 atom stereocenters. The largest absolute Gasteiger partial charge is 0.383 e. The molecule has 0 bridgehead atoms. The zero-order chi connectivity index (χ0) is 15.4. The maximum atomic E-state index is 12.1. The molecule has 2 unspecified atom stereocenters. The second kappa shape index (κ2) is 6.54. The first-order valence-electron chi connectivity index (χ1n) is 7.13. The Hall–Kier alpha value is -2.14. The molecule has 0 saturated heterocycles. The highest BCUT2D eigenvalue weighted by Gasteiger charge is 2.21. The predicted octanol–water partition coefficient (Wildman–Crippen LogP) is 2.53. The summed E-state index contributed by atoms with van der Waals surface area (Å²) in [5.74, 6) is -0.468. The third kappa shape index (κ3) is 3.49. The van der Waals surface area contributed by atoms with Crippen LogP contribution in [0.5, 0.6) is 0 Å². The number of amides is 1. The van der Waals surface area contributed by atoms with Crippen LogP contribution in [0.4, 0.5) is 5.69 Å². The number of aromatic nitrogens is 2. The lowest BCUT2D eigenvalue weighted by molar-refractivity contribution is -0.126. The molecule has 0 aliphatic rings. The molecule has 2 aromatic rings. The third-order valence-corrected chi connectivity index (χ3v) is 3.58. The SMILES string of the molecule is CCC(C)C(O)C(=O)Nc1ccccc1-n1ccc(C)n1. The molecule has 0 aliphatic carbocycles.